The number of para-hydroxylation sites is 1. The average molecular weight is 314 g/mol. The van der Waals surface area contributed by atoms with Gasteiger partial charge in [0, 0.05) is 24.9 Å². The van der Waals surface area contributed by atoms with Crippen molar-refractivity contribution >= 4 is 29.3 Å². The highest BCUT2D eigenvalue weighted by atomic mass is 35.5. The van der Waals surface area contributed by atoms with Crippen LogP contribution in [0.2, 0.25) is 5.02 Å². The van der Waals surface area contributed by atoms with E-state index in [2.05, 4.69) is 31.7 Å². The predicted octanol–water partition coefficient (Wildman–Crippen LogP) is 5.32. The summed E-state index contributed by atoms with van der Waals surface area (Å²) in [5, 5.41) is 0.832. The van der Waals surface area contributed by atoms with Crippen LogP contribution < -0.4 is 4.90 Å². The van der Waals surface area contributed by atoms with Crippen molar-refractivity contribution in [2.45, 2.75) is 39.7 Å². The molecule has 1 aliphatic heterocycles. The lowest BCUT2D eigenvalue weighted by Gasteiger charge is -2.39. The molecular weight excluding hydrogens is 290 g/mol. The van der Waals surface area contributed by atoms with Gasteiger partial charge in [-0.25, -0.2) is 0 Å². The van der Waals surface area contributed by atoms with Gasteiger partial charge in [-0.15, -0.1) is 0 Å². The minimum absolute atomic E-state index is 0.0497. The Morgan fingerprint density at radius 1 is 1.30 bits per heavy atom. The summed E-state index contributed by atoms with van der Waals surface area (Å²) in [6.07, 6.45) is 4.41. The molecule has 4 heteroatoms. The average Bonchev–Trinajstić information content (AvgIpc) is 2.39. The van der Waals surface area contributed by atoms with Gasteiger partial charge in [0.15, 0.2) is 0 Å². The maximum Gasteiger partial charge on any atom is 0.0964 e. The minimum Gasteiger partial charge on any atom is -0.370 e. The van der Waals surface area contributed by atoms with Gasteiger partial charge < -0.3 is 9.08 Å². The van der Waals surface area contributed by atoms with Gasteiger partial charge in [-0.3, -0.25) is 0 Å². The van der Waals surface area contributed by atoms with Gasteiger partial charge >= 0.3 is 0 Å². The van der Waals surface area contributed by atoms with E-state index in [9.17, 15) is 0 Å². The van der Waals surface area contributed by atoms with Gasteiger partial charge in [-0.1, -0.05) is 37.6 Å². The van der Waals surface area contributed by atoms with Crippen LogP contribution in [-0.2, 0) is 4.18 Å². The molecule has 1 aromatic carbocycles. The summed E-state index contributed by atoms with van der Waals surface area (Å²) in [5.41, 5.74) is 2.79. The standard InChI is InChI=1S/C16H24ClNOS/c1-12(19-20-4)13-6-5-7-14(17)15(13)18-10-8-16(2,3)9-11-18/h5-7,12H,8-11H2,1-4H3. The van der Waals surface area contributed by atoms with Crippen molar-refractivity contribution < 1.29 is 4.18 Å². The van der Waals surface area contributed by atoms with Crippen LogP contribution in [0.15, 0.2) is 18.2 Å². The Labute approximate surface area is 132 Å². The summed E-state index contributed by atoms with van der Waals surface area (Å²) in [7, 11) is 0. The van der Waals surface area contributed by atoms with Crippen molar-refractivity contribution in [2.75, 3.05) is 24.2 Å². The van der Waals surface area contributed by atoms with E-state index < -0.39 is 0 Å². The Bertz CT molecular complexity index is 454. The van der Waals surface area contributed by atoms with Crippen molar-refractivity contribution in [3.8, 4) is 0 Å². The van der Waals surface area contributed by atoms with Gasteiger partial charge in [-0.2, -0.15) is 0 Å². The van der Waals surface area contributed by atoms with Crippen molar-refractivity contribution in [3.05, 3.63) is 28.8 Å². The Morgan fingerprint density at radius 2 is 1.95 bits per heavy atom. The molecule has 1 aromatic rings. The zero-order chi connectivity index (χ0) is 14.8. The Morgan fingerprint density at radius 3 is 2.55 bits per heavy atom. The molecule has 1 heterocycles. The van der Waals surface area contributed by atoms with E-state index >= 15 is 0 Å². The second-order valence-corrected chi connectivity index (χ2v) is 7.17. The molecule has 1 aliphatic rings. The Kier molecular flexibility index (Phi) is 5.27. The van der Waals surface area contributed by atoms with Crippen molar-refractivity contribution in [1.82, 2.24) is 0 Å². The normalized spacial score (nSPS) is 19.9. The third kappa shape index (κ3) is 3.63. The zero-order valence-electron chi connectivity index (χ0n) is 12.8. The van der Waals surface area contributed by atoms with Crippen molar-refractivity contribution in [3.63, 3.8) is 0 Å². The molecule has 1 saturated heterocycles. The van der Waals surface area contributed by atoms with E-state index in [1.807, 2.05) is 18.4 Å². The topological polar surface area (TPSA) is 12.5 Å². The fraction of sp³-hybridized carbons (Fsp3) is 0.625. The molecular formula is C16H24ClNOS. The second-order valence-electron chi connectivity index (χ2n) is 6.23. The fourth-order valence-corrected chi connectivity index (χ4v) is 3.42. The highest BCUT2D eigenvalue weighted by Gasteiger charge is 2.28. The van der Waals surface area contributed by atoms with E-state index in [-0.39, 0.29) is 6.10 Å². The lowest BCUT2D eigenvalue weighted by Crippen LogP contribution is -2.38. The maximum atomic E-state index is 6.47. The van der Waals surface area contributed by atoms with Gasteiger partial charge in [0.05, 0.1) is 16.8 Å². The van der Waals surface area contributed by atoms with Crippen LogP contribution in [0.25, 0.3) is 0 Å². The lowest BCUT2D eigenvalue weighted by molar-refractivity contribution is 0.268. The fourth-order valence-electron chi connectivity index (χ4n) is 2.73. The summed E-state index contributed by atoms with van der Waals surface area (Å²) in [6.45, 7) is 8.90. The van der Waals surface area contributed by atoms with Gasteiger partial charge in [0.1, 0.15) is 0 Å². The molecule has 0 bridgehead atoms. The van der Waals surface area contributed by atoms with Gasteiger partial charge in [0.25, 0.3) is 0 Å². The van der Waals surface area contributed by atoms with Crippen LogP contribution in [-0.4, -0.2) is 19.3 Å². The molecule has 1 atom stereocenters. The molecule has 112 valence electrons. The number of halogens is 1. The third-order valence-electron chi connectivity index (χ3n) is 4.13. The predicted molar refractivity (Wildman–Crippen MR) is 89.7 cm³/mol. The van der Waals surface area contributed by atoms with Crippen LogP contribution in [0, 0.1) is 5.41 Å². The van der Waals surface area contributed by atoms with Crippen LogP contribution in [0.5, 0.6) is 0 Å². The molecule has 2 rings (SSSR count). The summed E-state index contributed by atoms with van der Waals surface area (Å²) < 4.78 is 5.69. The molecule has 2 nitrogen and oxygen atoms in total. The van der Waals surface area contributed by atoms with Gasteiger partial charge in [-0.05, 0) is 43.3 Å². The molecule has 0 radical (unpaired) electrons. The van der Waals surface area contributed by atoms with E-state index in [1.54, 1.807) is 0 Å². The molecule has 1 unspecified atom stereocenters. The van der Waals surface area contributed by atoms with Crippen molar-refractivity contribution in [2.24, 2.45) is 5.41 Å². The highest BCUT2D eigenvalue weighted by molar-refractivity contribution is 7.93. The minimum atomic E-state index is 0.0497. The Balaban J connectivity index is 2.26. The first-order chi connectivity index (χ1) is 9.44. The molecule has 0 saturated carbocycles. The summed E-state index contributed by atoms with van der Waals surface area (Å²) >= 11 is 7.88. The highest BCUT2D eigenvalue weighted by Crippen LogP contribution is 2.40. The number of rotatable bonds is 4. The first-order valence-electron chi connectivity index (χ1n) is 7.17. The summed E-state index contributed by atoms with van der Waals surface area (Å²) in [4.78, 5) is 2.42. The van der Waals surface area contributed by atoms with E-state index in [0.717, 1.165) is 23.8 Å². The monoisotopic (exact) mass is 313 g/mol. The maximum absolute atomic E-state index is 6.47. The number of nitrogens with zero attached hydrogens (tertiary/aromatic N) is 1. The number of anilines is 1. The third-order valence-corrected chi connectivity index (χ3v) is 4.92. The first kappa shape index (κ1) is 16.0. The molecule has 20 heavy (non-hydrogen) atoms. The van der Waals surface area contributed by atoms with Gasteiger partial charge in [0.2, 0.25) is 0 Å². The molecule has 0 aromatic heterocycles. The number of hydrogen-bond acceptors (Lipinski definition) is 3. The zero-order valence-corrected chi connectivity index (χ0v) is 14.4. The number of piperidine rings is 1. The molecule has 1 fully saturated rings. The van der Waals surface area contributed by atoms with Crippen LogP contribution in [0.4, 0.5) is 5.69 Å². The second kappa shape index (κ2) is 6.59. The number of benzene rings is 1. The summed E-state index contributed by atoms with van der Waals surface area (Å²) in [6, 6.07) is 6.11. The number of hydrogen-bond donors (Lipinski definition) is 0. The quantitative estimate of drug-likeness (QED) is 0.698. The van der Waals surface area contributed by atoms with E-state index in [4.69, 9.17) is 15.8 Å². The van der Waals surface area contributed by atoms with E-state index in [0.29, 0.717) is 5.41 Å². The van der Waals surface area contributed by atoms with Crippen LogP contribution in [0.1, 0.15) is 45.3 Å². The molecule has 0 aliphatic carbocycles. The van der Waals surface area contributed by atoms with E-state index in [1.165, 1.54) is 30.4 Å². The lowest BCUT2D eigenvalue weighted by atomic mass is 9.82. The van der Waals surface area contributed by atoms with Crippen molar-refractivity contribution in [1.29, 1.82) is 0 Å². The smallest absolute Gasteiger partial charge is 0.0964 e. The van der Waals surface area contributed by atoms with Crippen LogP contribution >= 0.6 is 23.6 Å². The molecule has 0 spiro atoms. The first-order valence-corrected chi connectivity index (χ1v) is 8.70. The SMILES string of the molecule is CSOC(C)c1cccc(Cl)c1N1CCC(C)(C)CC1. The molecule has 0 N–H and O–H groups in total. The Hall–Kier alpha value is -0.380. The molecule has 0 amide bonds. The summed E-state index contributed by atoms with van der Waals surface area (Å²) in [5.74, 6) is 0. The largest absolute Gasteiger partial charge is 0.370 e. The van der Waals surface area contributed by atoms with Crippen LogP contribution in [0.3, 0.4) is 0 Å².